The topological polar surface area (TPSA) is 210 Å². The summed E-state index contributed by atoms with van der Waals surface area (Å²) < 4.78 is 22.8. The van der Waals surface area contributed by atoms with E-state index in [1.807, 2.05) is 19.9 Å². The minimum atomic E-state index is -0.520. The average Bonchev–Trinajstić information content (AvgIpc) is 3.85. The third kappa shape index (κ3) is 8.38. The molecule has 0 radical (unpaired) electrons. The third-order valence-corrected chi connectivity index (χ3v) is 9.39. The maximum atomic E-state index is 12.0. The fraction of sp³-hybridized carbons (Fsp3) is 0.438. The van der Waals surface area contributed by atoms with E-state index in [1.165, 1.54) is 19.0 Å². The van der Waals surface area contributed by atoms with E-state index in [0.717, 1.165) is 55.7 Å². The first kappa shape index (κ1) is 36.2. The monoisotopic (exact) mass is 710 g/mol. The molecule has 0 bridgehead atoms. The lowest BCUT2D eigenvalue weighted by molar-refractivity contribution is -0.392. The van der Waals surface area contributed by atoms with E-state index in [9.17, 15) is 24.8 Å². The number of aryl methyl sites for hydroxylation is 1. The smallest absolute Gasteiger partial charge is 0.396 e. The number of nitrogens with zero attached hydrogens (tertiary/aromatic N) is 7. The summed E-state index contributed by atoms with van der Waals surface area (Å²) >= 11 is 1.15. The van der Waals surface area contributed by atoms with Crippen LogP contribution in [0.25, 0.3) is 11.2 Å². The number of phenolic OH excluding ortho intramolecular Hbond substituents is 1. The summed E-state index contributed by atoms with van der Waals surface area (Å²) in [7, 11) is 3.23. The number of nitro groups is 1. The molecule has 3 aromatic heterocycles. The van der Waals surface area contributed by atoms with Crippen molar-refractivity contribution in [2.24, 2.45) is 7.05 Å². The number of phenols is 1. The highest BCUT2D eigenvalue weighted by atomic mass is 32.2. The second kappa shape index (κ2) is 16.6. The Labute approximate surface area is 291 Å². The van der Waals surface area contributed by atoms with Gasteiger partial charge < -0.3 is 43.7 Å². The van der Waals surface area contributed by atoms with Gasteiger partial charge in [0.15, 0.2) is 10.7 Å². The molecule has 266 valence electrons. The highest BCUT2D eigenvalue weighted by molar-refractivity contribution is 7.99. The third-order valence-electron chi connectivity index (χ3n) is 8.22. The van der Waals surface area contributed by atoms with Crippen molar-refractivity contribution >= 4 is 40.7 Å². The molecule has 1 saturated heterocycles. The number of fused-ring (bicyclic) bond motifs is 2. The number of aromatic amines is 1. The minimum absolute atomic E-state index is 0.0912. The molecule has 1 aromatic carbocycles. The fourth-order valence-electron chi connectivity index (χ4n) is 5.45. The van der Waals surface area contributed by atoms with Crippen molar-refractivity contribution < 1.29 is 38.6 Å². The van der Waals surface area contributed by atoms with Crippen molar-refractivity contribution in [2.75, 3.05) is 46.6 Å². The summed E-state index contributed by atoms with van der Waals surface area (Å²) in [5, 5.41) is 22.5. The number of benzene rings is 1. The molecular formula is C32H38N8O9S. The molecule has 50 heavy (non-hydrogen) atoms. The van der Waals surface area contributed by atoms with Crippen LogP contribution in [-0.4, -0.2) is 103 Å². The van der Waals surface area contributed by atoms with Gasteiger partial charge in [-0.3, -0.25) is 9.69 Å². The van der Waals surface area contributed by atoms with Gasteiger partial charge in [-0.15, -0.1) is 0 Å². The maximum absolute atomic E-state index is 12.0. The van der Waals surface area contributed by atoms with Crippen LogP contribution in [0.15, 0.2) is 40.7 Å². The summed E-state index contributed by atoms with van der Waals surface area (Å²) in [6.45, 7) is 8.23. The number of cyclic esters (lactones) is 1. The number of aromatic nitrogens is 6. The van der Waals surface area contributed by atoms with Crippen LogP contribution >= 0.6 is 11.8 Å². The summed E-state index contributed by atoms with van der Waals surface area (Å²) in [5.74, 6) is -0.469. The Morgan fingerprint density at radius 2 is 2.00 bits per heavy atom. The van der Waals surface area contributed by atoms with Crippen LogP contribution in [0.5, 0.6) is 11.5 Å². The predicted octanol–water partition coefficient (Wildman–Crippen LogP) is 3.67. The number of methoxy groups -OCH3 is 1. The second-order valence-corrected chi connectivity index (χ2v) is 12.4. The molecule has 0 amide bonds. The van der Waals surface area contributed by atoms with Gasteiger partial charge >= 0.3 is 17.8 Å². The first-order valence-electron chi connectivity index (χ1n) is 15.8. The van der Waals surface area contributed by atoms with Gasteiger partial charge in [0.25, 0.3) is 0 Å². The van der Waals surface area contributed by atoms with Crippen LogP contribution in [0.4, 0.5) is 5.82 Å². The summed E-state index contributed by atoms with van der Waals surface area (Å²) in [4.78, 5) is 55.4. The molecule has 4 aromatic rings. The molecular weight excluding hydrogens is 672 g/mol. The predicted molar refractivity (Wildman–Crippen MR) is 179 cm³/mol. The Hall–Kier alpha value is -5.07. The summed E-state index contributed by atoms with van der Waals surface area (Å²) in [6, 6.07) is 0. The number of hydrogen-bond acceptors (Lipinski definition) is 15. The van der Waals surface area contributed by atoms with E-state index in [-0.39, 0.29) is 29.7 Å². The normalized spacial score (nSPS) is 14.6. The number of hydrogen-bond donors (Lipinski definition) is 2. The molecule has 6 rings (SSSR count). The largest absolute Gasteiger partial charge is 0.507 e. The van der Waals surface area contributed by atoms with Gasteiger partial charge in [-0.1, -0.05) is 11.6 Å². The van der Waals surface area contributed by atoms with Crippen molar-refractivity contribution in [3.05, 3.63) is 63.0 Å². The zero-order chi connectivity index (χ0) is 35.8. The van der Waals surface area contributed by atoms with E-state index in [4.69, 9.17) is 18.9 Å². The molecule has 0 saturated carbocycles. The van der Waals surface area contributed by atoms with Crippen LogP contribution in [0.2, 0.25) is 0 Å². The van der Waals surface area contributed by atoms with Crippen molar-refractivity contribution in [2.45, 2.75) is 49.8 Å². The van der Waals surface area contributed by atoms with Crippen LogP contribution in [0.1, 0.15) is 46.8 Å². The molecule has 0 atom stereocenters. The maximum Gasteiger partial charge on any atom is 0.396 e. The zero-order valence-electron chi connectivity index (χ0n) is 28.1. The first-order chi connectivity index (χ1) is 24.1. The number of morpholine rings is 1. The number of nitrogens with one attached hydrogen (secondary N) is 1. The molecule has 18 heteroatoms. The molecule has 0 spiro atoms. The van der Waals surface area contributed by atoms with Gasteiger partial charge in [0.05, 0.1) is 26.7 Å². The van der Waals surface area contributed by atoms with Crippen molar-refractivity contribution in [3.8, 4) is 11.5 Å². The van der Waals surface area contributed by atoms with E-state index in [1.54, 1.807) is 18.7 Å². The molecule has 0 aliphatic carbocycles. The van der Waals surface area contributed by atoms with Crippen LogP contribution in [0, 0.1) is 17.0 Å². The van der Waals surface area contributed by atoms with E-state index >= 15 is 0 Å². The van der Waals surface area contributed by atoms with Gasteiger partial charge in [0, 0.05) is 44.2 Å². The lowest BCUT2D eigenvalue weighted by Crippen LogP contribution is -2.38. The highest BCUT2D eigenvalue weighted by Crippen LogP contribution is 2.42. The number of imidazole rings is 2. The quantitative estimate of drug-likeness (QED) is 0.0706. The van der Waals surface area contributed by atoms with Gasteiger partial charge in [-0.25, -0.2) is 19.7 Å². The van der Waals surface area contributed by atoms with Gasteiger partial charge in [-0.05, 0) is 53.9 Å². The Morgan fingerprint density at radius 1 is 1.22 bits per heavy atom. The second-order valence-electron chi connectivity index (χ2n) is 11.5. The Morgan fingerprint density at radius 3 is 2.74 bits per heavy atom. The first-order valence-corrected chi connectivity index (χ1v) is 16.6. The van der Waals surface area contributed by atoms with Crippen molar-refractivity contribution in [3.63, 3.8) is 0 Å². The van der Waals surface area contributed by atoms with Gasteiger partial charge in [-0.2, -0.15) is 0 Å². The number of ether oxygens (including phenoxy) is 4. The van der Waals surface area contributed by atoms with Crippen molar-refractivity contribution in [1.29, 1.82) is 0 Å². The molecule has 5 heterocycles. The van der Waals surface area contributed by atoms with Gasteiger partial charge in [0.2, 0.25) is 6.33 Å². The van der Waals surface area contributed by atoms with Gasteiger partial charge in [0.1, 0.15) is 47.1 Å². The number of H-pyrrole nitrogens is 1. The van der Waals surface area contributed by atoms with Crippen LogP contribution in [-0.2, 0) is 39.1 Å². The number of carbonyl (C=O) groups excluding carboxylic acids is 2. The van der Waals surface area contributed by atoms with Crippen LogP contribution in [0.3, 0.4) is 0 Å². The Kier molecular flexibility index (Phi) is 12.0. The standard InChI is InChI=1S/C23H31NO7.C9H7N7O2S/c1-15(5-7-19(25)30-13-10-24-8-11-29-12-9-24)4-6-17-21(26)20-18(14-31-23(20)27)16(2)22(17)28-3;1-15-4-14-7(16(17)18)9(15)19-8-5-6(11-2-10-5)12-3-13-8/h4,26H,5-14H2,1-3H3;2-4H,1H3,(H,10,11,12,13)/b15-4+;. The number of carbonyl (C=O) groups is 2. The highest BCUT2D eigenvalue weighted by Gasteiger charge is 2.32. The summed E-state index contributed by atoms with van der Waals surface area (Å²) in [6.07, 6.45) is 7.44. The molecule has 1 fully saturated rings. The lowest BCUT2D eigenvalue weighted by Gasteiger charge is -2.26. The minimum Gasteiger partial charge on any atom is -0.507 e. The summed E-state index contributed by atoms with van der Waals surface area (Å²) in [5.41, 5.74) is 4.39. The molecule has 2 aliphatic rings. The molecule has 17 nitrogen and oxygen atoms in total. The zero-order valence-corrected chi connectivity index (χ0v) is 28.9. The van der Waals surface area contributed by atoms with E-state index in [2.05, 4.69) is 29.8 Å². The molecule has 2 aliphatic heterocycles. The SMILES string of the molecule is COc1c(C)c2c(c(O)c1C/C=C(\C)CCC(=O)OCCN1CCOCC1)C(=O)OC2.Cn1cnc([N+](=O)[O-])c1Sc1ncnc2nc[nH]c12. The van der Waals surface area contributed by atoms with E-state index in [0.29, 0.717) is 64.0 Å². The molecule has 0 unspecified atom stereocenters. The van der Waals surface area contributed by atoms with E-state index < -0.39 is 10.9 Å². The number of allylic oxidation sites excluding steroid dienone is 2. The molecule has 2 N–H and O–H groups in total. The Bertz CT molecular complexity index is 1900. The van der Waals surface area contributed by atoms with Crippen LogP contribution < -0.4 is 4.74 Å². The van der Waals surface area contributed by atoms with Crippen molar-refractivity contribution in [1.82, 2.24) is 34.4 Å². The number of aromatic hydroxyl groups is 1. The average molecular weight is 711 g/mol. The Balaban J connectivity index is 0.000000217. The number of rotatable bonds is 12. The number of esters is 2. The fourth-order valence-corrected chi connectivity index (χ4v) is 6.40. The lowest BCUT2D eigenvalue weighted by atomic mass is 9.94.